The number of fused-ring (bicyclic) bond motifs is 2. The second-order valence-electron chi connectivity index (χ2n) is 6.07. The summed E-state index contributed by atoms with van der Waals surface area (Å²) < 4.78 is 1.33. The third-order valence-corrected chi connectivity index (χ3v) is 5.06. The molecule has 7 nitrogen and oxygen atoms in total. The van der Waals surface area contributed by atoms with Crippen molar-refractivity contribution in [1.82, 2.24) is 19.5 Å². The molecule has 0 fully saturated rings. The number of hydrogen-bond acceptors (Lipinski definition) is 5. The van der Waals surface area contributed by atoms with Crippen molar-refractivity contribution in [3.8, 4) is 0 Å². The fraction of sp³-hybridized carbons (Fsp3) is 0.222. The van der Waals surface area contributed by atoms with Gasteiger partial charge in [0.1, 0.15) is 17.2 Å². The van der Waals surface area contributed by atoms with Crippen LogP contribution in [0.25, 0.3) is 21.3 Å². The van der Waals surface area contributed by atoms with Gasteiger partial charge in [-0.1, -0.05) is 6.92 Å². The second kappa shape index (κ2) is 6.38. The lowest BCUT2D eigenvalue weighted by atomic mass is 10.2. The number of anilines is 1. The molecule has 0 unspecified atom stereocenters. The number of amides is 1. The summed E-state index contributed by atoms with van der Waals surface area (Å²) in [6.45, 7) is 3.87. The molecule has 1 amide bonds. The summed E-state index contributed by atoms with van der Waals surface area (Å²) in [4.78, 5) is 38.5. The highest BCUT2D eigenvalue weighted by molar-refractivity contribution is 7.18. The lowest BCUT2D eigenvalue weighted by Crippen LogP contribution is -2.27. The largest absolute Gasteiger partial charge is 0.342 e. The number of imidazole rings is 1. The summed E-state index contributed by atoms with van der Waals surface area (Å²) in [5.41, 5.74) is 2.18. The minimum absolute atomic E-state index is 0.0854. The molecule has 0 aliphatic rings. The molecule has 0 aliphatic heterocycles. The number of aryl methyl sites for hydroxylation is 2. The van der Waals surface area contributed by atoms with E-state index < -0.39 is 0 Å². The number of nitrogens with zero attached hydrogens (tertiary/aromatic N) is 3. The van der Waals surface area contributed by atoms with E-state index in [1.165, 1.54) is 22.2 Å². The van der Waals surface area contributed by atoms with Crippen molar-refractivity contribution in [3.05, 3.63) is 51.6 Å². The van der Waals surface area contributed by atoms with Crippen molar-refractivity contribution in [1.29, 1.82) is 0 Å². The van der Waals surface area contributed by atoms with Crippen molar-refractivity contribution >= 4 is 44.2 Å². The van der Waals surface area contributed by atoms with Crippen LogP contribution in [0.2, 0.25) is 0 Å². The minimum Gasteiger partial charge on any atom is -0.342 e. The number of carbonyl (C=O) groups excluding carboxylic acids is 1. The van der Waals surface area contributed by atoms with E-state index in [-0.39, 0.29) is 18.0 Å². The first-order chi connectivity index (χ1) is 12.5. The predicted molar refractivity (Wildman–Crippen MR) is 103 cm³/mol. The van der Waals surface area contributed by atoms with Gasteiger partial charge in [0.05, 0.1) is 22.7 Å². The maximum atomic E-state index is 12.5. The summed E-state index contributed by atoms with van der Waals surface area (Å²) in [7, 11) is 0. The van der Waals surface area contributed by atoms with Crippen LogP contribution in [-0.2, 0) is 17.8 Å². The van der Waals surface area contributed by atoms with Gasteiger partial charge in [-0.2, -0.15) is 0 Å². The van der Waals surface area contributed by atoms with Crippen molar-refractivity contribution < 1.29 is 4.79 Å². The van der Waals surface area contributed by atoms with Crippen molar-refractivity contribution in [2.45, 2.75) is 26.8 Å². The number of thiophene rings is 1. The Morgan fingerprint density at radius 2 is 2.19 bits per heavy atom. The Kier molecular flexibility index (Phi) is 4.04. The van der Waals surface area contributed by atoms with Gasteiger partial charge in [-0.15, -0.1) is 11.3 Å². The fourth-order valence-electron chi connectivity index (χ4n) is 2.86. The zero-order valence-electron chi connectivity index (χ0n) is 14.4. The number of aromatic nitrogens is 4. The molecule has 2 N–H and O–H groups in total. The lowest BCUT2D eigenvalue weighted by molar-refractivity contribution is -0.116. The van der Waals surface area contributed by atoms with Gasteiger partial charge in [-0.05, 0) is 31.2 Å². The maximum absolute atomic E-state index is 12.5. The number of aromatic amines is 1. The molecule has 0 radical (unpaired) electrons. The van der Waals surface area contributed by atoms with Crippen LogP contribution in [0.5, 0.6) is 0 Å². The zero-order valence-corrected chi connectivity index (χ0v) is 15.2. The Labute approximate surface area is 152 Å². The number of hydrogen-bond donors (Lipinski definition) is 2. The standard InChI is InChI=1S/C18H17N5O2S/c1-3-15-21-13-5-4-11(7-14(13)22-15)20-16(24)8-23-9-19-17-12(18(23)25)6-10(2)26-17/h4-7,9H,3,8H2,1-2H3,(H,20,24)(H,21,22). The van der Waals surface area contributed by atoms with E-state index in [1.807, 2.05) is 26.0 Å². The van der Waals surface area contributed by atoms with Crippen LogP contribution in [0.3, 0.4) is 0 Å². The molecule has 4 rings (SSSR count). The summed E-state index contributed by atoms with van der Waals surface area (Å²) in [6, 6.07) is 7.30. The van der Waals surface area contributed by atoms with E-state index in [1.54, 1.807) is 12.1 Å². The Morgan fingerprint density at radius 1 is 1.35 bits per heavy atom. The Hall–Kier alpha value is -3.00. The maximum Gasteiger partial charge on any atom is 0.262 e. The second-order valence-corrected chi connectivity index (χ2v) is 7.31. The van der Waals surface area contributed by atoms with E-state index in [4.69, 9.17) is 0 Å². The van der Waals surface area contributed by atoms with E-state index >= 15 is 0 Å². The van der Waals surface area contributed by atoms with Gasteiger partial charge < -0.3 is 10.3 Å². The van der Waals surface area contributed by atoms with Crippen molar-refractivity contribution in [3.63, 3.8) is 0 Å². The summed E-state index contributed by atoms with van der Waals surface area (Å²) in [6.07, 6.45) is 2.24. The fourth-order valence-corrected chi connectivity index (χ4v) is 3.69. The highest BCUT2D eigenvalue weighted by Crippen LogP contribution is 2.20. The molecule has 26 heavy (non-hydrogen) atoms. The topological polar surface area (TPSA) is 92.7 Å². The summed E-state index contributed by atoms with van der Waals surface area (Å²) in [5, 5.41) is 3.37. The Morgan fingerprint density at radius 3 is 3.00 bits per heavy atom. The normalized spacial score (nSPS) is 11.3. The van der Waals surface area contributed by atoms with Crippen LogP contribution in [0.4, 0.5) is 5.69 Å². The van der Waals surface area contributed by atoms with E-state index in [0.717, 1.165) is 28.2 Å². The van der Waals surface area contributed by atoms with Gasteiger partial charge in [-0.25, -0.2) is 9.97 Å². The first-order valence-electron chi connectivity index (χ1n) is 8.27. The smallest absolute Gasteiger partial charge is 0.262 e. The quantitative estimate of drug-likeness (QED) is 0.580. The SMILES string of the molecule is CCc1nc2ccc(NC(=O)Cn3cnc4sc(C)cc4c3=O)cc2[nH]1. The van der Waals surface area contributed by atoms with Crippen LogP contribution in [-0.4, -0.2) is 25.4 Å². The first kappa shape index (κ1) is 16.5. The monoisotopic (exact) mass is 367 g/mol. The van der Waals surface area contributed by atoms with Gasteiger partial charge in [-0.3, -0.25) is 14.2 Å². The van der Waals surface area contributed by atoms with Crippen LogP contribution in [0.1, 0.15) is 17.6 Å². The van der Waals surface area contributed by atoms with E-state index in [0.29, 0.717) is 15.9 Å². The van der Waals surface area contributed by atoms with Crippen LogP contribution in [0, 0.1) is 6.92 Å². The predicted octanol–water partition coefficient (Wildman–Crippen LogP) is 2.84. The van der Waals surface area contributed by atoms with E-state index in [9.17, 15) is 9.59 Å². The molecule has 0 aliphatic carbocycles. The Bertz CT molecular complexity index is 1190. The number of H-pyrrole nitrogens is 1. The minimum atomic E-state index is -0.283. The third-order valence-electron chi connectivity index (χ3n) is 4.10. The molecular weight excluding hydrogens is 350 g/mol. The van der Waals surface area contributed by atoms with Gasteiger partial charge in [0.15, 0.2) is 0 Å². The molecule has 3 aromatic heterocycles. The number of benzene rings is 1. The molecule has 0 bridgehead atoms. The van der Waals surface area contributed by atoms with Crippen LogP contribution >= 0.6 is 11.3 Å². The highest BCUT2D eigenvalue weighted by atomic mass is 32.1. The van der Waals surface area contributed by atoms with Gasteiger partial charge in [0.2, 0.25) is 5.91 Å². The van der Waals surface area contributed by atoms with Gasteiger partial charge in [0, 0.05) is 17.0 Å². The van der Waals surface area contributed by atoms with Gasteiger partial charge >= 0.3 is 0 Å². The van der Waals surface area contributed by atoms with Crippen LogP contribution in [0.15, 0.2) is 35.4 Å². The highest BCUT2D eigenvalue weighted by Gasteiger charge is 2.11. The molecular formula is C18H17N5O2S. The number of rotatable bonds is 4. The molecule has 8 heteroatoms. The average Bonchev–Trinajstić information content (AvgIpc) is 3.20. The molecule has 0 saturated heterocycles. The van der Waals surface area contributed by atoms with Crippen molar-refractivity contribution in [2.75, 3.05) is 5.32 Å². The molecule has 4 aromatic rings. The Balaban J connectivity index is 1.55. The average molecular weight is 367 g/mol. The number of carbonyl (C=O) groups is 1. The summed E-state index contributed by atoms with van der Waals surface area (Å²) >= 11 is 1.47. The van der Waals surface area contributed by atoms with E-state index in [2.05, 4.69) is 20.3 Å². The zero-order chi connectivity index (χ0) is 18.3. The van der Waals surface area contributed by atoms with Crippen LogP contribution < -0.4 is 10.9 Å². The molecule has 0 saturated carbocycles. The molecule has 132 valence electrons. The summed E-state index contributed by atoms with van der Waals surface area (Å²) in [5.74, 6) is 0.621. The molecule has 0 spiro atoms. The molecule has 1 aromatic carbocycles. The molecule has 3 heterocycles. The third kappa shape index (κ3) is 2.99. The van der Waals surface area contributed by atoms with Crippen molar-refractivity contribution in [2.24, 2.45) is 0 Å². The number of nitrogens with one attached hydrogen (secondary N) is 2. The van der Waals surface area contributed by atoms with Gasteiger partial charge in [0.25, 0.3) is 5.56 Å². The first-order valence-corrected chi connectivity index (χ1v) is 9.09. The lowest BCUT2D eigenvalue weighted by Gasteiger charge is -2.07. The molecule has 0 atom stereocenters.